The number of phenols is 1. The molecular formula is C8H9NO. The maximum absolute atomic E-state index is 9.29. The minimum atomic E-state index is 0.419. The van der Waals surface area contributed by atoms with E-state index in [0.717, 1.165) is 18.7 Å². The van der Waals surface area contributed by atoms with Gasteiger partial charge in [-0.15, -0.1) is 0 Å². The molecule has 2 heteroatoms. The molecule has 2 nitrogen and oxygen atoms in total. The van der Waals surface area contributed by atoms with Crippen LogP contribution in [0.15, 0.2) is 18.2 Å². The van der Waals surface area contributed by atoms with E-state index in [1.807, 2.05) is 12.1 Å². The monoisotopic (exact) mass is 135 g/mol. The van der Waals surface area contributed by atoms with Crippen molar-refractivity contribution in [3.63, 3.8) is 0 Å². The fraction of sp³-hybridized carbons (Fsp3) is 0.250. The van der Waals surface area contributed by atoms with Crippen molar-refractivity contribution in [2.45, 2.75) is 13.1 Å². The molecule has 0 aromatic heterocycles. The summed E-state index contributed by atoms with van der Waals surface area (Å²) in [7, 11) is 0. The second-order valence-corrected chi connectivity index (χ2v) is 2.52. The normalized spacial score (nSPS) is 15.2. The molecule has 0 unspecified atom stereocenters. The van der Waals surface area contributed by atoms with E-state index in [9.17, 15) is 5.11 Å². The number of hydrogen-bond acceptors (Lipinski definition) is 2. The summed E-state index contributed by atoms with van der Waals surface area (Å²) in [6.07, 6.45) is 0. The van der Waals surface area contributed by atoms with Gasteiger partial charge in [0.1, 0.15) is 5.75 Å². The highest BCUT2D eigenvalue weighted by atomic mass is 16.3. The summed E-state index contributed by atoms with van der Waals surface area (Å²) in [6, 6.07) is 5.64. The first-order valence-electron chi connectivity index (χ1n) is 3.38. The van der Waals surface area contributed by atoms with E-state index >= 15 is 0 Å². The quantitative estimate of drug-likeness (QED) is 0.556. The van der Waals surface area contributed by atoms with Crippen molar-refractivity contribution in [3.05, 3.63) is 29.3 Å². The van der Waals surface area contributed by atoms with Gasteiger partial charge in [-0.05, 0) is 11.6 Å². The number of phenolic OH excluding ortho intramolecular Hbond substituents is 1. The van der Waals surface area contributed by atoms with Gasteiger partial charge in [0.15, 0.2) is 0 Å². The molecule has 2 rings (SSSR count). The van der Waals surface area contributed by atoms with Gasteiger partial charge in [0, 0.05) is 18.7 Å². The standard InChI is InChI=1S/C8H9NO/c10-8-3-1-2-6-4-9-5-7(6)8/h1-3,9-10H,4-5H2. The van der Waals surface area contributed by atoms with Crippen LogP contribution in [0.1, 0.15) is 11.1 Å². The second-order valence-electron chi connectivity index (χ2n) is 2.52. The molecule has 1 aromatic rings. The summed E-state index contributed by atoms with van der Waals surface area (Å²) in [5, 5.41) is 12.5. The molecular weight excluding hydrogens is 126 g/mol. The summed E-state index contributed by atoms with van der Waals surface area (Å²) >= 11 is 0. The largest absolute Gasteiger partial charge is 0.508 e. The summed E-state index contributed by atoms with van der Waals surface area (Å²) in [6.45, 7) is 1.70. The van der Waals surface area contributed by atoms with Gasteiger partial charge < -0.3 is 10.4 Å². The minimum absolute atomic E-state index is 0.419. The van der Waals surface area contributed by atoms with Crippen LogP contribution in [0.25, 0.3) is 0 Å². The lowest BCUT2D eigenvalue weighted by atomic mass is 10.1. The Labute approximate surface area is 59.5 Å². The molecule has 0 bridgehead atoms. The summed E-state index contributed by atoms with van der Waals surface area (Å²) < 4.78 is 0. The van der Waals surface area contributed by atoms with Crippen molar-refractivity contribution >= 4 is 0 Å². The Morgan fingerprint density at radius 2 is 2.20 bits per heavy atom. The van der Waals surface area contributed by atoms with Gasteiger partial charge >= 0.3 is 0 Å². The zero-order valence-corrected chi connectivity index (χ0v) is 5.59. The molecule has 0 radical (unpaired) electrons. The Hall–Kier alpha value is -1.02. The highest BCUT2D eigenvalue weighted by Crippen LogP contribution is 2.24. The Balaban J connectivity index is 2.59. The molecule has 0 aliphatic carbocycles. The van der Waals surface area contributed by atoms with Gasteiger partial charge in [-0.25, -0.2) is 0 Å². The summed E-state index contributed by atoms with van der Waals surface area (Å²) in [5.74, 6) is 0.419. The predicted octanol–water partition coefficient (Wildman–Crippen LogP) is 0.995. The zero-order chi connectivity index (χ0) is 6.97. The molecule has 1 aromatic carbocycles. The summed E-state index contributed by atoms with van der Waals surface area (Å²) in [4.78, 5) is 0. The first-order chi connectivity index (χ1) is 4.88. The first kappa shape index (κ1) is 5.74. The van der Waals surface area contributed by atoms with Crippen LogP contribution in [0.3, 0.4) is 0 Å². The fourth-order valence-electron chi connectivity index (χ4n) is 1.31. The van der Waals surface area contributed by atoms with Gasteiger partial charge in [0.05, 0.1) is 0 Å². The van der Waals surface area contributed by atoms with Crippen LogP contribution in [-0.2, 0) is 13.1 Å². The lowest BCUT2D eigenvalue weighted by Gasteiger charge is -1.98. The van der Waals surface area contributed by atoms with Crippen LogP contribution in [0.2, 0.25) is 0 Å². The van der Waals surface area contributed by atoms with Crippen molar-refractivity contribution in [2.75, 3.05) is 0 Å². The van der Waals surface area contributed by atoms with Gasteiger partial charge in [-0.2, -0.15) is 0 Å². The molecule has 0 fully saturated rings. The molecule has 2 N–H and O–H groups in total. The third-order valence-corrected chi connectivity index (χ3v) is 1.87. The minimum Gasteiger partial charge on any atom is -0.508 e. The molecule has 0 spiro atoms. The third-order valence-electron chi connectivity index (χ3n) is 1.87. The van der Waals surface area contributed by atoms with Crippen molar-refractivity contribution in [2.24, 2.45) is 0 Å². The molecule has 0 amide bonds. The third kappa shape index (κ3) is 0.693. The lowest BCUT2D eigenvalue weighted by molar-refractivity contribution is 0.468. The maximum atomic E-state index is 9.29. The van der Waals surface area contributed by atoms with E-state index < -0.39 is 0 Å². The van der Waals surface area contributed by atoms with E-state index in [4.69, 9.17) is 0 Å². The summed E-state index contributed by atoms with van der Waals surface area (Å²) in [5.41, 5.74) is 2.28. The van der Waals surface area contributed by atoms with E-state index in [1.165, 1.54) is 5.56 Å². The van der Waals surface area contributed by atoms with Crippen molar-refractivity contribution in [3.8, 4) is 5.75 Å². The smallest absolute Gasteiger partial charge is 0.120 e. The van der Waals surface area contributed by atoms with Crippen LogP contribution in [0, 0.1) is 0 Å². The van der Waals surface area contributed by atoms with Crippen LogP contribution in [0.5, 0.6) is 5.75 Å². The Morgan fingerprint density at radius 3 is 3.00 bits per heavy atom. The number of aromatic hydroxyl groups is 1. The maximum Gasteiger partial charge on any atom is 0.120 e. The van der Waals surface area contributed by atoms with Crippen molar-refractivity contribution < 1.29 is 5.11 Å². The second kappa shape index (κ2) is 1.99. The molecule has 52 valence electrons. The van der Waals surface area contributed by atoms with E-state index in [2.05, 4.69) is 5.32 Å². The Morgan fingerprint density at radius 1 is 1.30 bits per heavy atom. The van der Waals surface area contributed by atoms with Gasteiger partial charge in [0.2, 0.25) is 0 Å². The Bertz CT molecular complexity index is 257. The molecule has 1 heterocycles. The topological polar surface area (TPSA) is 32.3 Å². The van der Waals surface area contributed by atoms with Crippen LogP contribution in [0.4, 0.5) is 0 Å². The van der Waals surface area contributed by atoms with Gasteiger partial charge in [0.25, 0.3) is 0 Å². The van der Waals surface area contributed by atoms with Crippen molar-refractivity contribution in [1.82, 2.24) is 5.32 Å². The average Bonchev–Trinajstić information content (AvgIpc) is 2.36. The highest BCUT2D eigenvalue weighted by molar-refractivity contribution is 5.41. The van der Waals surface area contributed by atoms with Crippen LogP contribution < -0.4 is 5.32 Å². The van der Waals surface area contributed by atoms with E-state index in [-0.39, 0.29) is 0 Å². The molecule has 1 aliphatic heterocycles. The molecule has 0 saturated carbocycles. The average molecular weight is 135 g/mol. The number of benzene rings is 1. The molecule has 0 atom stereocenters. The molecule has 1 aliphatic rings. The van der Waals surface area contributed by atoms with Gasteiger partial charge in [-0.1, -0.05) is 12.1 Å². The molecule has 10 heavy (non-hydrogen) atoms. The number of nitrogens with one attached hydrogen (secondary N) is 1. The SMILES string of the molecule is Oc1cccc2c1CNC2. The van der Waals surface area contributed by atoms with Gasteiger partial charge in [-0.3, -0.25) is 0 Å². The van der Waals surface area contributed by atoms with Crippen LogP contribution >= 0.6 is 0 Å². The highest BCUT2D eigenvalue weighted by Gasteiger charge is 2.11. The lowest BCUT2D eigenvalue weighted by Crippen LogP contribution is -1.99. The number of rotatable bonds is 0. The zero-order valence-electron chi connectivity index (χ0n) is 5.59. The first-order valence-corrected chi connectivity index (χ1v) is 3.38. The fourth-order valence-corrected chi connectivity index (χ4v) is 1.31. The predicted molar refractivity (Wildman–Crippen MR) is 38.7 cm³/mol. The number of hydrogen-bond donors (Lipinski definition) is 2. The van der Waals surface area contributed by atoms with E-state index in [1.54, 1.807) is 6.07 Å². The number of fused-ring (bicyclic) bond motifs is 1. The molecule has 0 saturated heterocycles. The van der Waals surface area contributed by atoms with Crippen molar-refractivity contribution in [1.29, 1.82) is 0 Å². The van der Waals surface area contributed by atoms with Crippen LogP contribution in [-0.4, -0.2) is 5.11 Å². The Kier molecular flexibility index (Phi) is 1.14. The van der Waals surface area contributed by atoms with E-state index in [0.29, 0.717) is 5.75 Å².